The predicted octanol–water partition coefficient (Wildman–Crippen LogP) is 6.77. The van der Waals surface area contributed by atoms with Gasteiger partial charge in [0.05, 0.1) is 51.6 Å². The van der Waals surface area contributed by atoms with Crippen molar-refractivity contribution >= 4 is 32.6 Å². The Morgan fingerprint density at radius 1 is 1.00 bits per heavy atom. The summed E-state index contributed by atoms with van der Waals surface area (Å²) in [5.41, 5.74) is 3.11. The van der Waals surface area contributed by atoms with Crippen molar-refractivity contribution in [2.75, 3.05) is 0 Å². The Morgan fingerprint density at radius 3 is 2.34 bits per heavy atom. The van der Waals surface area contributed by atoms with Crippen LogP contribution >= 0.6 is 0 Å². The molecule has 1 aliphatic carbocycles. The SMILES string of the molecule is CC(Oc1ccc2c(c1)c1cc(CC(C)(C)O)ccc1c1[nH]c(-c3c(C#N)cccc3C#N)nc21)C1CC1. The maximum absolute atomic E-state index is 10.5. The van der Waals surface area contributed by atoms with Gasteiger partial charge in [-0.3, -0.25) is 0 Å². The molecular weight excluding hydrogens is 472 g/mol. The smallest absolute Gasteiger partial charge is 0.141 e. The molecule has 6 rings (SSSR count). The Balaban J connectivity index is 1.63. The summed E-state index contributed by atoms with van der Waals surface area (Å²) >= 11 is 0. The molecule has 1 atom stereocenters. The zero-order chi connectivity index (χ0) is 26.6. The van der Waals surface area contributed by atoms with Crippen LogP contribution in [0, 0.1) is 28.6 Å². The van der Waals surface area contributed by atoms with Crippen molar-refractivity contribution in [1.82, 2.24) is 9.97 Å². The van der Waals surface area contributed by atoms with Crippen LogP contribution in [-0.4, -0.2) is 26.8 Å². The van der Waals surface area contributed by atoms with Gasteiger partial charge >= 0.3 is 0 Å². The van der Waals surface area contributed by atoms with E-state index in [1.807, 2.05) is 32.0 Å². The van der Waals surface area contributed by atoms with Gasteiger partial charge in [0.1, 0.15) is 11.6 Å². The third kappa shape index (κ3) is 4.24. The van der Waals surface area contributed by atoms with Gasteiger partial charge in [-0.25, -0.2) is 4.98 Å². The second-order valence-corrected chi connectivity index (χ2v) is 11.0. The number of H-pyrrole nitrogens is 1. The van der Waals surface area contributed by atoms with Crippen molar-refractivity contribution < 1.29 is 9.84 Å². The number of imidazole rings is 1. The van der Waals surface area contributed by atoms with Gasteiger partial charge in [0.2, 0.25) is 0 Å². The fourth-order valence-corrected chi connectivity index (χ4v) is 5.42. The maximum atomic E-state index is 10.5. The summed E-state index contributed by atoms with van der Waals surface area (Å²) in [5, 5.41) is 33.9. The van der Waals surface area contributed by atoms with E-state index in [4.69, 9.17) is 9.72 Å². The van der Waals surface area contributed by atoms with Crippen molar-refractivity contribution in [2.24, 2.45) is 5.92 Å². The van der Waals surface area contributed by atoms with E-state index in [0.29, 0.717) is 34.9 Å². The van der Waals surface area contributed by atoms with Crippen LogP contribution in [0.3, 0.4) is 0 Å². The number of aromatic nitrogens is 2. The number of nitriles is 2. The molecule has 1 heterocycles. The second-order valence-electron chi connectivity index (χ2n) is 11.0. The molecule has 38 heavy (non-hydrogen) atoms. The Morgan fingerprint density at radius 2 is 1.68 bits per heavy atom. The van der Waals surface area contributed by atoms with Gasteiger partial charge < -0.3 is 14.8 Å². The molecule has 0 aliphatic heterocycles. The first-order valence-corrected chi connectivity index (χ1v) is 13.0. The van der Waals surface area contributed by atoms with Crippen molar-refractivity contribution in [2.45, 2.75) is 51.7 Å². The highest BCUT2D eigenvalue weighted by atomic mass is 16.5. The molecule has 5 aromatic rings. The number of ether oxygens (including phenoxy) is 1. The van der Waals surface area contributed by atoms with Crippen LogP contribution in [0.4, 0.5) is 0 Å². The molecule has 188 valence electrons. The number of hydrogen-bond donors (Lipinski definition) is 2. The van der Waals surface area contributed by atoms with Crippen LogP contribution < -0.4 is 4.74 Å². The van der Waals surface area contributed by atoms with E-state index in [0.717, 1.165) is 43.9 Å². The number of benzene rings is 4. The van der Waals surface area contributed by atoms with Gasteiger partial charge in [0.25, 0.3) is 0 Å². The highest BCUT2D eigenvalue weighted by molar-refractivity contribution is 6.24. The van der Waals surface area contributed by atoms with Gasteiger partial charge in [-0.2, -0.15) is 10.5 Å². The van der Waals surface area contributed by atoms with Gasteiger partial charge in [-0.05, 0) is 86.2 Å². The summed E-state index contributed by atoms with van der Waals surface area (Å²) < 4.78 is 6.31. The molecule has 0 bridgehead atoms. The van der Waals surface area contributed by atoms with E-state index in [2.05, 4.69) is 42.2 Å². The fraction of sp³-hybridized carbons (Fsp3) is 0.281. The minimum atomic E-state index is -0.836. The Bertz CT molecular complexity index is 1780. The molecule has 0 saturated heterocycles. The van der Waals surface area contributed by atoms with Crippen LogP contribution in [0.5, 0.6) is 5.75 Å². The average molecular weight is 501 g/mol. The van der Waals surface area contributed by atoms with Gasteiger partial charge in [0.15, 0.2) is 0 Å². The van der Waals surface area contributed by atoms with Crippen molar-refractivity contribution in [3.05, 3.63) is 71.3 Å². The topological polar surface area (TPSA) is 106 Å². The lowest BCUT2D eigenvalue weighted by Crippen LogP contribution is -2.21. The number of aliphatic hydroxyl groups is 1. The predicted molar refractivity (Wildman–Crippen MR) is 149 cm³/mol. The maximum Gasteiger partial charge on any atom is 0.141 e. The first kappa shape index (κ1) is 24.0. The lowest BCUT2D eigenvalue weighted by atomic mass is 9.93. The molecule has 1 unspecified atom stereocenters. The number of nitrogens with zero attached hydrogens (tertiary/aromatic N) is 3. The van der Waals surface area contributed by atoms with Crippen molar-refractivity contribution in [3.8, 4) is 29.3 Å². The average Bonchev–Trinajstić information content (AvgIpc) is 3.66. The lowest BCUT2D eigenvalue weighted by Gasteiger charge is -2.18. The normalized spacial score (nSPS) is 14.5. The number of hydrogen-bond acceptors (Lipinski definition) is 5. The summed E-state index contributed by atoms with van der Waals surface area (Å²) in [7, 11) is 0. The molecule has 1 fully saturated rings. The van der Waals surface area contributed by atoms with E-state index in [1.54, 1.807) is 18.2 Å². The standard InChI is InChI=1S/C32H28N4O2/c1-18(20-8-9-20)38-23-10-12-25-27(14-23)26-13-19(15-32(2,3)37)7-11-24(26)29-30(25)36-31(35-29)28-21(16-33)5-4-6-22(28)17-34/h4-7,10-14,18,20,37H,8-9,15H2,1-3H3,(H,35,36). The number of fused-ring (bicyclic) bond motifs is 6. The van der Waals surface area contributed by atoms with Crippen LogP contribution in [0.1, 0.15) is 50.3 Å². The quantitative estimate of drug-likeness (QED) is 0.250. The molecule has 1 saturated carbocycles. The van der Waals surface area contributed by atoms with E-state index in [1.165, 1.54) is 12.8 Å². The number of nitrogens with one attached hydrogen (secondary N) is 1. The lowest BCUT2D eigenvalue weighted by molar-refractivity contribution is 0.0810. The van der Waals surface area contributed by atoms with Gasteiger partial charge in [-0.15, -0.1) is 0 Å². The van der Waals surface area contributed by atoms with Gasteiger partial charge in [-0.1, -0.05) is 24.3 Å². The minimum absolute atomic E-state index is 0.164. The zero-order valence-electron chi connectivity index (χ0n) is 21.7. The summed E-state index contributed by atoms with van der Waals surface area (Å²) in [6.07, 6.45) is 3.11. The number of aromatic amines is 1. The van der Waals surface area contributed by atoms with E-state index in [-0.39, 0.29) is 6.10 Å². The molecule has 1 aromatic heterocycles. The highest BCUT2D eigenvalue weighted by Gasteiger charge is 2.29. The molecule has 0 spiro atoms. The van der Waals surface area contributed by atoms with Crippen molar-refractivity contribution in [1.29, 1.82) is 10.5 Å². The van der Waals surface area contributed by atoms with Crippen LogP contribution in [-0.2, 0) is 6.42 Å². The summed E-state index contributed by atoms with van der Waals surface area (Å²) in [6, 6.07) is 21.9. The molecule has 0 radical (unpaired) electrons. The third-order valence-electron chi connectivity index (χ3n) is 7.38. The Labute approximate surface area is 221 Å². The Kier molecular flexibility index (Phi) is 5.60. The molecule has 6 nitrogen and oxygen atoms in total. The largest absolute Gasteiger partial charge is 0.490 e. The van der Waals surface area contributed by atoms with Gasteiger partial charge in [0, 0.05) is 17.2 Å². The van der Waals surface area contributed by atoms with Crippen molar-refractivity contribution in [3.63, 3.8) is 0 Å². The summed E-state index contributed by atoms with van der Waals surface area (Å²) in [4.78, 5) is 8.39. The first-order chi connectivity index (χ1) is 18.3. The van der Waals surface area contributed by atoms with Crippen LogP contribution in [0.15, 0.2) is 54.6 Å². The van der Waals surface area contributed by atoms with E-state index in [9.17, 15) is 15.6 Å². The molecule has 1 aliphatic rings. The number of rotatable bonds is 6. The summed E-state index contributed by atoms with van der Waals surface area (Å²) in [6.45, 7) is 5.75. The van der Waals surface area contributed by atoms with Crippen LogP contribution in [0.2, 0.25) is 0 Å². The van der Waals surface area contributed by atoms with E-state index >= 15 is 0 Å². The highest BCUT2D eigenvalue weighted by Crippen LogP contribution is 2.40. The fourth-order valence-electron chi connectivity index (χ4n) is 5.42. The van der Waals surface area contributed by atoms with Crippen LogP contribution in [0.25, 0.3) is 44.0 Å². The first-order valence-electron chi connectivity index (χ1n) is 13.0. The molecule has 6 heteroatoms. The second kappa shape index (κ2) is 8.87. The molecule has 2 N–H and O–H groups in total. The third-order valence-corrected chi connectivity index (χ3v) is 7.38. The monoisotopic (exact) mass is 500 g/mol. The molecule has 4 aromatic carbocycles. The molecule has 0 amide bonds. The zero-order valence-corrected chi connectivity index (χ0v) is 21.7. The summed E-state index contributed by atoms with van der Waals surface area (Å²) in [5.74, 6) is 1.93. The van der Waals surface area contributed by atoms with E-state index < -0.39 is 5.60 Å². The minimum Gasteiger partial charge on any atom is -0.490 e. The Hall–Kier alpha value is -4.39. The molecular formula is C32H28N4O2.